The van der Waals surface area contributed by atoms with E-state index in [-0.39, 0.29) is 6.61 Å². The molecule has 1 fully saturated rings. The highest BCUT2D eigenvalue weighted by Gasteiger charge is 2.44. The van der Waals surface area contributed by atoms with Crippen molar-refractivity contribution in [2.75, 3.05) is 6.61 Å². The highest BCUT2D eigenvalue weighted by atomic mass is 16.6. The van der Waals surface area contributed by atoms with Gasteiger partial charge in [-0.15, -0.1) is 0 Å². The molecule has 0 saturated carbocycles. The van der Waals surface area contributed by atoms with Gasteiger partial charge in [0.25, 0.3) is 0 Å². The standard InChI is InChI=1S/C14H19NO7/c16-6-9-11(17)12(18)10(13(19)22-9)15-14(20)21-7-8-4-2-1-3-5-8/h1-5,9-13,16-19H,6-7H2,(H,15,20)/t9-,10+,11-,12-,13+/m1/s1. The van der Waals surface area contributed by atoms with Crippen LogP contribution in [0.1, 0.15) is 5.56 Å². The Balaban J connectivity index is 1.87. The van der Waals surface area contributed by atoms with Crippen LogP contribution in [0.25, 0.3) is 0 Å². The molecule has 122 valence electrons. The topological polar surface area (TPSA) is 128 Å². The normalized spacial score (nSPS) is 31.5. The molecule has 1 aromatic carbocycles. The fourth-order valence-corrected chi connectivity index (χ4v) is 2.15. The summed E-state index contributed by atoms with van der Waals surface area (Å²) < 4.78 is 9.88. The van der Waals surface area contributed by atoms with E-state index in [9.17, 15) is 20.1 Å². The van der Waals surface area contributed by atoms with Gasteiger partial charge in [0.15, 0.2) is 6.29 Å². The van der Waals surface area contributed by atoms with Gasteiger partial charge in [-0.05, 0) is 5.56 Å². The minimum absolute atomic E-state index is 0.0221. The maximum Gasteiger partial charge on any atom is 0.407 e. The first kappa shape index (κ1) is 16.7. The molecule has 0 aromatic heterocycles. The Labute approximate surface area is 126 Å². The molecule has 8 nitrogen and oxygen atoms in total. The Kier molecular flexibility index (Phi) is 5.69. The predicted molar refractivity (Wildman–Crippen MR) is 73.5 cm³/mol. The van der Waals surface area contributed by atoms with Gasteiger partial charge >= 0.3 is 6.09 Å². The number of carbonyl (C=O) groups excluding carboxylic acids is 1. The Morgan fingerprint density at radius 1 is 1.18 bits per heavy atom. The molecule has 5 N–H and O–H groups in total. The Morgan fingerprint density at radius 2 is 1.86 bits per heavy atom. The molecule has 1 aliphatic rings. The molecule has 1 saturated heterocycles. The number of alkyl carbamates (subject to hydrolysis) is 1. The molecule has 0 radical (unpaired) electrons. The Hall–Kier alpha value is -1.71. The van der Waals surface area contributed by atoms with Crippen LogP contribution in [-0.4, -0.2) is 63.8 Å². The maximum atomic E-state index is 11.7. The van der Waals surface area contributed by atoms with Crippen molar-refractivity contribution in [2.24, 2.45) is 0 Å². The summed E-state index contributed by atoms with van der Waals surface area (Å²) in [6, 6.07) is 7.71. The van der Waals surface area contributed by atoms with Crippen molar-refractivity contribution in [3.63, 3.8) is 0 Å². The zero-order valence-corrected chi connectivity index (χ0v) is 11.7. The van der Waals surface area contributed by atoms with Crippen molar-refractivity contribution < 1.29 is 34.7 Å². The molecule has 5 atom stereocenters. The van der Waals surface area contributed by atoms with Crippen LogP contribution >= 0.6 is 0 Å². The van der Waals surface area contributed by atoms with Gasteiger partial charge in [-0.2, -0.15) is 0 Å². The van der Waals surface area contributed by atoms with Gasteiger partial charge in [0.2, 0.25) is 0 Å². The number of benzene rings is 1. The SMILES string of the molecule is O=C(N[C@H]1[C@@H](O)[C@H](O)[C@@H](CO)O[C@@H]1O)OCc1ccccc1. The van der Waals surface area contributed by atoms with E-state index in [1.54, 1.807) is 24.3 Å². The number of ether oxygens (including phenoxy) is 2. The van der Waals surface area contributed by atoms with Gasteiger partial charge in [-0.1, -0.05) is 30.3 Å². The molecule has 0 aliphatic carbocycles. The average Bonchev–Trinajstić information content (AvgIpc) is 2.54. The van der Waals surface area contributed by atoms with E-state index in [0.717, 1.165) is 5.56 Å². The monoisotopic (exact) mass is 313 g/mol. The number of rotatable bonds is 4. The zero-order valence-electron chi connectivity index (χ0n) is 11.7. The number of amides is 1. The van der Waals surface area contributed by atoms with Gasteiger partial charge in [0.1, 0.15) is 31.0 Å². The number of carbonyl (C=O) groups is 1. The van der Waals surface area contributed by atoms with Gasteiger partial charge in [0.05, 0.1) is 6.61 Å². The molecule has 0 spiro atoms. The predicted octanol–water partition coefficient (Wildman–Crippen LogP) is -1.29. The summed E-state index contributed by atoms with van der Waals surface area (Å²) in [7, 11) is 0. The van der Waals surface area contributed by atoms with Crippen molar-refractivity contribution >= 4 is 6.09 Å². The second-order valence-corrected chi connectivity index (χ2v) is 4.96. The smallest absolute Gasteiger partial charge is 0.407 e. The largest absolute Gasteiger partial charge is 0.445 e. The fourth-order valence-electron chi connectivity index (χ4n) is 2.15. The van der Waals surface area contributed by atoms with Crippen LogP contribution in [0.3, 0.4) is 0 Å². The molecule has 22 heavy (non-hydrogen) atoms. The summed E-state index contributed by atoms with van der Waals surface area (Å²) in [5, 5.41) is 40.5. The number of hydrogen-bond acceptors (Lipinski definition) is 7. The zero-order chi connectivity index (χ0) is 16.1. The van der Waals surface area contributed by atoms with E-state index >= 15 is 0 Å². The molecular formula is C14H19NO7. The van der Waals surface area contributed by atoms with E-state index in [4.69, 9.17) is 14.6 Å². The summed E-state index contributed by atoms with van der Waals surface area (Å²) in [6.45, 7) is -0.547. The van der Waals surface area contributed by atoms with Crippen molar-refractivity contribution in [1.82, 2.24) is 5.32 Å². The van der Waals surface area contributed by atoms with Crippen molar-refractivity contribution in [1.29, 1.82) is 0 Å². The van der Waals surface area contributed by atoms with Crippen LogP contribution in [0.15, 0.2) is 30.3 Å². The van der Waals surface area contributed by atoms with Crippen LogP contribution < -0.4 is 5.32 Å². The summed E-state index contributed by atoms with van der Waals surface area (Å²) in [5.74, 6) is 0. The van der Waals surface area contributed by atoms with Crippen LogP contribution in [0.5, 0.6) is 0 Å². The minimum Gasteiger partial charge on any atom is -0.445 e. The van der Waals surface area contributed by atoms with Crippen molar-refractivity contribution in [2.45, 2.75) is 37.3 Å². The van der Waals surface area contributed by atoms with Gasteiger partial charge in [-0.3, -0.25) is 0 Å². The van der Waals surface area contributed by atoms with Crippen LogP contribution in [-0.2, 0) is 16.1 Å². The third-order valence-corrected chi connectivity index (χ3v) is 3.40. The number of aliphatic hydroxyl groups is 4. The molecule has 1 aromatic rings. The summed E-state index contributed by atoms with van der Waals surface area (Å²) in [4.78, 5) is 11.7. The third-order valence-electron chi connectivity index (χ3n) is 3.40. The first-order chi connectivity index (χ1) is 10.5. The molecule has 1 heterocycles. The van der Waals surface area contributed by atoms with Gasteiger partial charge < -0.3 is 35.2 Å². The summed E-state index contributed by atoms with van der Waals surface area (Å²) in [5.41, 5.74) is 0.777. The number of aliphatic hydroxyl groups excluding tert-OH is 4. The maximum absolute atomic E-state index is 11.7. The Morgan fingerprint density at radius 3 is 2.50 bits per heavy atom. The highest BCUT2D eigenvalue weighted by Crippen LogP contribution is 2.19. The second-order valence-electron chi connectivity index (χ2n) is 4.96. The number of hydrogen-bond donors (Lipinski definition) is 5. The second kappa shape index (κ2) is 7.52. The fraction of sp³-hybridized carbons (Fsp3) is 0.500. The molecule has 0 unspecified atom stereocenters. The van der Waals surface area contributed by atoms with Crippen LogP contribution in [0.2, 0.25) is 0 Å². The lowest BCUT2D eigenvalue weighted by molar-refractivity contribution is -0.253. The molecule has 2 rings (SSSR count). The van der Waals surface area contributed by atoms with Crippen molar-refractivity contribution in [3.8, 4) is 0 Å². The van der Waals surface area contributed by atoms with Gasteiger partial charge in [-0.25, -0.2) is 4.79 Å². The molecule has 0 bridgehead atoms. The third kappa shape index (κ3) is 3.93. The summed E-state index contributed by atoms with van der Waals surface area (Å²) >= 11 is 0. The number of nitrogens with one attached hydrogen (secondary N) is 1. The summed E-state index contributed by atoms with van der Waals surface area (Å²) in [6.07, 6.45) is -6.49. The minimum atomic E-state index is -1.57. The Bertz CT molecular complexity index is 483. The quantitative estimate of drug-likeness (QED) is 0.468. The van der Waals surface area contributed by atoms with E-state index in [1.165, 1.54) is 0 Å². The first-order valence-corrected chi connectivity index (χ1v) is 6.80. The highest BCUT2D eigenvalue weighted by molar-refractivity contribution is 5.67. The van der Waals surface area contributed by atoms with Gasteiger partial charge in [0, 0.05) is 0 Å². The average molecular weight is 313 g/mol. The molecule has 1 aliphatic heterocycles. The lowest BCUT2D eigenvalue weighted by Crippen LogP contribution is -2.64. The molecule has 8 heteroatoms. The van der Waals surface area contributed by atoms with E-state index in [1.807, 2.05) is 6.07 Å². The lowest BCUT2D eigenvalue weighted by atomic mass is 9.97. The lowest BCUT2D eigenvalue weighted by Gasteiger charge is -2.39. The van der Waals surface area contributed by atoms with E-state index < -0.39 is 43.3 Å². The molecular weight excluding hydrogens is 294 g/mol. The van der Waals surface area contributed by atoms with E-state index in [2.05, 4.69) is 5.32 Å². The van der Waals surface area contributed by atoms with Crippen LogP contribution in [0.4, 0.5) is 4.79 Å². The van der Waals surface area contributed by atoms with Crippen molar-refractivity contribution in [3.05, 3.63) is 35.9 Å². The van der Waals surface area contributed by atoms with E-state index in [0.29, 0.717) is 0 Å². The van der Waals surface area contributed by atoms with Crippen LogP contribution in [0, 0.1) is 0 Å². The molecule has 1 amide bonds. The first-order valence-electron chi connectivity index (χ1n) is 6.80.